The standard InChI is InChI=1S/C11H8F2O3/c1-16-11-7(3-2-4-10(14)15)5-8(12)6-9(11)13/h5-6H,4H2,1H3,(H,14,15). The number of carbonyl (C=O) groups is 1. The smallest absolute Gasteiger partial charge is 0.315 e. The summed E-state index contributed by atoms with van der Waals surface area (Å²) in [6, 6.07) is 1.65. The van der Waals surface area contributed by atoms with E-state index >= 15 is 0 Å². The summed E-state index contributed by atoms with van der Waals surface area (Å²) in [7, 11) is 1.22. The second kappa shape index (κ2) is 5.12. The van der Waals surface area contributed by atoms with E-state index in [9.17, 15) is 13.6 Å². The van der Waals surface area contributed by atoms with Gasteiger partial charge >= 0.3 is 5.97 Å². The molecule has 0 unspecified atom stereocenters. The third-order valence-corrected chi connectivity index (χ3v) is 1.68. The third kappa shape index (κ3) is 2.95. The monoisotopic (exact) mass is 226 g/mol. The summed E-state index contributed by atoms with van der Waals surface area (Å²) in [5.41, 5.74) is -0.0127. The van der Waals surface area contributed by atoms with Gasteiger partial charge < -0.3 is 9.84 Å². The number of carboxylic acids is 1. The Hall–Kier alpha value is -2.09. The highest BCUT2D eigenvalue weighted by atomic mass is 19.1. The van der Waals surface area contributed by atoms with E-state index in [1.165, 1.54) is 7.11 Å². The minimum atomic E-state index is -1.11. The topological polar surface area (TPSA) is 46.5 Å². The Balaban J connectivity index is 3.10. The molecule has 3 nitrogen and oxygen atoms in total. The molecule has 0 atom stereocenters. The van der Waals surface area contributed by atoms with Crippen molar-refractivity contribution in [2.75, 3.05) is 7.11 Å². The van der Waals surface area contributed by atoms with Gasteiger partial charge in [-0.3, -0.25) is 4.79 Å². The number of halogens is 2. The van der Waals surface area contributed by atoms with Gasteiger partial charge in [0.1, 0.15) is 12.2 Å². The van der Waals surface area contributed by atoms with Crippen molar-refractivity contribution in [3.8, 4) is 17.6 Å². The van der Waals surface area contributed by atoms with Crippen LogP contribution in [0.2, 0.25) is 0 Å². The summed E-state index contributed by atoms with van der Waals surface area (Å²) in [6.07, 6.45) is -0.402. The first kappa shape index (κ1) is 12.0. The van der Waals surface area contributed by atoms with E-state index < -0.39 is 24.0 Å². The predicted octanol–water partition coefficient (Wildman–Crippen LogP) is 1.80. The summed E-state index contributed by atoms with van der Waals surface area (Å²) in [4.78, 5) is 10.2. The van der Waals surface area contributed by atoms with Crippen LogP contribution in [0.25, 0.3) is 0 Å². The maximum Gasteiger partial charge on any atom is 0.315 e. The molecule has 0 aliphatic rings. The van der Waals surface area contributed by atoms with Gasteiger partial charge in [0.2, 0.25) is 0 Å². The molecule has 0 aliphatic heterocycles. The highest BCUT2D eigenvalue weighted by Gasteiger charge is 2.09. The second-order valence-electron chi connectivity index (χ2n) is 2.84. The molecule has 0 heterocycles. The summed E-state index contributed by atoms with van der Waals surface area (Å²) in [5, 5.41) is 8.35. The van der Waals surface area contributed by atoms with Gasteiger partial charge in [0.25, 0.3) is 0 Å². The Morgan fingerprint density at radius 1 is 1.50 bits per heavy atom. The number of hydrogen-bond acceptors (Lipinski definition) is 2. The highest BCUT2D eigenvalue weighted by molar-refractivity contribution is 5.70. The molecular weight excluding hydrogens is 218 g/mol. The zero-order valence-electron chi connectivity index (χ0n) is 8.38. The fourth-order valence-electron chi connectivity index (χ4n) is 1.08. The van der Waals surface area contributed by atoms with Gasteiger partial charge in [0.05, 0.1) is 12.7 Å². The second-order valence-corrected chi connectivity index (χ2v) is 2.84. The van der Waals surface area contributed by atoms with Crippen molar-refractivity contribution in [3.05, 3.63) is 29.3 Å². The quantitative estimate of drug-likeness (QED) is 0.782. The Bertz CT molecular complexity index is 472. The van der Waals surface area contributed by atoms with Crippen LogP contribution in [0.15, 0.2) is 12.1 Å². The molecule has 84 valence electrons. The molecule has 1 aromatic rings. The van der Waals surface area contributed by atoms with Gasteiger partial charge in [0, 0.05) is 6.07 Å². The van der Waals surface area contributed by atoms with Crippen LogP contribution in [0, 0.1) is 23.5 Å². The molecule has 5 heteroatoms. The van der Waals surface area contributed by atoms with Gasteiger partial charge in [-0.05, 0) is 6.07 Å². The van der Waals surface area contributed by atoms with Crippen LogP contribution >= 0.6 is 0 Å². The lowest BCUT2D eigenvalue weighted by Crippen LogP contribution is -1.95. The summed E-state index contributed by atoms with van der Waals surface area (Å²) in [6.45, 7) is 0. The average molecular weight is 226 g/mol. The Labute approximate surface area is 90.7 Å². The zero-order chi connectivity index (χ0) is 12.1. The Morgan fingerprint density at radius 3 is 2.75 bits per heavy atom. The molecule has 1 N–H and O–H groups in total. The first-order valence-corrected chi connectivity index (χ1v) is 4.28. The number of hydrogen-bond donors (Lipinski definition) is 1. The van der Waals surface area contributed by atoms with Crippen molar-refractivity contribution in [1.82, 2.24) is 0 Å². The first-order valence-electron chi connectivity index (χ1n) is 4.28. The molecule has 0 fully saturated rings. The molecule has 0 aromatic heterocycles. The highest BCUT2D eigenvalue weighted by Crippen LogP contribution is 2.22. The van der Waals surface area contributed by atoms with Crippen LogP contribution in [0.5, 0.6) is 5.75 Å². The average Bonchev–Trinajstić information content (AvgIpc) is 2.16. The molecule has 0 bridgehead atoms. The van der Waals surface area contributed by atoms with Crippen molar-refractivity contribution < 1.29 is 23.4 Å². The van der Waals surface area contributed by atoms with Crippen molar-refractivity contribution in [1.29, 1.82) is 0 Å². The van der Waals surface area contributed by atoms with Crippen LogP contribution < -0.4 is 4.74 Å². The van der Waals surface area contributed by atoms with E-state index in [2.05, 4.69) is 11.8 Å². The third-order valence-electron chi connectivity index (χ3n) is 1.68. The summed E-state index contributed by atoms with van der Waals surface area (Å²) >= 11 is 0. The molecule has 16 heavy (non-hydrogen) atoms. The van der Waals surface area contributed by atoms with E-state index in [4.69, 9.17) is 9.84 Å². The van der Waals surface area contributed by atoms with Crippen molar-refractivity contribution in [2.45, 2.75) is 6.42 Å². The molecular formula is C11H8F2O3. The van der Waals surface area contributed by atoms with Gasteiger partial charge in [-0.2, -0.15) is 0 Å². The lowest BCUT2D eigenvalue weighted by molar-refractivity contribution is -0.135. The number of rotatable bonds is 2. The number of benzene rings is 1. The van der Waals surface area contributed by atoms with Crippen LogP contribution in [0.4, 0.5) is 8.78 Å². The lowest BCUT2D eigenvalue weighted by atomic mass is 10.2. The van der Waals surface area contributed by atoms with Crippen LogP contribution in [0.3, 0.4) is 0 Å². The summed E-state index contributed by atoms with van der Waals surface area (Å²) in [5.74, 6) is 1.64. The largest absolute Gasteiger partial charge is 0.492 e. The minimum Gasteiger partial charge on any atom is -0.492 e. The van der Waals surface area contributed by atoms with Crippen molar-refractivity contribution in [3.63, 3.8) is 0 Å². The van der Waals surface area contributed by atoms with Crippen molar-refractivity contribution >= 4 is 5.97 Å². The van der Waals surface area contributed by atoms with Crippen LogP contribution in [-0.2, 0) is 4.79 Å². The zero-order valence-corrected chi connectivity index (χ0v) is 8.38. The number of aliphatic carboxylic acids is 1. The minimum absolute atomic E-state index is 0.0127. The van der Waals surface area contributed by atoms with Gasteiger partial charge in [-0.15, -0.1) is 0 Å². The van der Waals surface area contributed by atoms with E-state index in [1.54, 1.807) is 0 Å². The van der Waals surface area contributed by atoms with Gasteiger partial charge in [-0.1, -0.05) is 11.8 Å². The van der Waals surface area contributed by atoms with E-state index in [0.717, 1.165) is 6.07 Å². The normalized spacial score (nSPS) is 9.19. The maximum atomic E-state index is 13.1. The van der Waals surface area contributed by atoms with Crippen LogP contribution in [0.1, 0.15) is 12.0 Å². The molecule has 0 amide bonds. The first-order chi connectivity index (χ1) is 7.54. The molecule has 0 spiro atoms. The SMILES string of the molecule is COc1c(F)cc(F)cc1C#CCC(=O)O. The van der Waals surface area contributed by atoms with Crippen LogP contribution in [-0.4, -0.2) is 18.2 Å². The molecule has 1 rings (SSSR count). The number of ether oxygens (including phenoxy) is 1. The van der Waals surface area contributed by atoms with Gasteiger partial charge in [0.15, 0.2) is 11.6 Å². The Morgan fingerprint density at radius 2 is 2.19 bits per heavy atom. The number of carboxylic acid groups (broad SMARTS) is 1. The Kier molecular flexibility index (Phi) is 3.84. The molecule has 0 saturated carbocycles. The molecule has 0 radical (unpaired) electrons. The number of methoxy groups -OCH3 is 1. The van der Waals surface area contributed by atoms with E-state index in [-0.39, 0.29) is 11.3 Å². The maximum absolute atomic E-state index is 13.1. The van der Waals surface area contributed by atoms with Crippen molar-refractivity contribution in [2.24, 2.45) is 0 Å². The molecule has 0 aliphatic carbocycles. The van der Waals surface area contributed by atoms with E-state index in [0.29, 0.717) is 6.07 Å². The van der Waals surface area contributed by atoms with E-state index in [1.807, 2.05) is 0 Å². The lowest BCUT2D eigenvalue weighted by Gasteiger charge is -2.04. The fraction of sp³-hybridized carbons (Fsp3) is 0.182. The molecule has 0 saturated heterocycles. The molecule has 1 aromatic carbocycles. The summed E-state index contributed by atoms with van der Waals surface area (Å²) < 4.78 is 30.7. The van der Waals surface area contributed by atoms with Gasteiger partial charge in [-0.25, -0.2) is 8.78 Å². The fourth-order valence-corrected chi connectivity index (χ4v) is 1.08. The predicted molar refractivity (Wildman–Crippen MR) is 52.0 cm³/mol.